The number of hydrogen-bond donors (Lipinski definition) is 1. The Morgan fingerprint density at radius 1 is 0.938 bits per heavy atom. The lowest BCUT2D eigenvalue weighted by molar-refractivity contribution is -0.137. The largest absolute Gasteiger partial charge is 0.494 e. The molecule has 3 aromatic rings. The molecular formula is C27H25NO4. The molecule has 0 aliphatic heterocycles. The molecule has 0 spiro atoms. The van der Waals surface area contributed by atoms with Crippen LogP contribution in [0.2, 0.25) is 0 Å². The minimum atomic E-state index is -0.513. The Bertz CT molecular complexity index is 1150. The number of rotatable bonds is 8. The third-order valence-corrected chi connectivity index (χ3v) is 5.37. The molecule has 1 aliphatic carbocycles. The summed E-state index contributed by atoms with van der Waals surface area (Å²) in [7, 11) is 0. The number of oxime groups is 1. The van der Waals surface area contributed by atoms with Crippen LogP contribution in [0.5, 0.6) is 5.75 Å². The van der Waals surface area contributed by atoms with Crippen molar-refractivity contribution in [2.45, 2.75) is 19.8 Å². The molecule has 4 rings (SSSR count). The van der Waals surface area contributed by atoms with Crippen molar-refractivity contribution in [3.63, 3.8) is 0 Å². The molecule has 162 valence electrons. The molecule has 0 amide bonds. The average Bonchev–Trinajstić information content (AvgIpc) is 3.17. The van der Waals surface area contributed by atoms with Crippen LogP contribution in [0, 0.1) is 0 Å². The summed E-state index contributed by atoms with van der Waals surface area (Å²) in [6.07, 6.45) is 1.81. The maximum absolute atomic E-state index is 12.8. The number of fused-ring (bicyclic) bond motifs is 1. The molecule has 0 bridgehead atoms. The first-order chi connectivity index (χ1) is 15.7. The molecule has 0 radical (unpaired) electrons. The van der Waals surface area contributed by atoms with E-state index in [0.717, 1.165) is 24.0 Å². The van der Waals surface area contributed by atoms with Crippen LogP contribution < -0.4 is 4.74 Å². The van der Waals surface area contributed by atoms with Gasteiger partial charge >= 0.3 is 5.97 Å². The number of carbonyl (C=O) groups excluding carboxylic acids is 1. The van der Waals surface area contributed by atoms with Crippen molar-refractivity contribution < 1.29 is 19.5 Å². The van der Waals surface area contributed by atoms with Crippen molar-refractivity contribution in [3.8, 4) is 5.75 Å². The summed E-state index contributed by atoms with van der Waals surface area (Å²) in [5, 5.41) is 13.3. The van der Waals surface area contributed by atoms with Crippen LogP contribution in [0.3, 0.4) is 0 Å². The maximum atomic E-state index is 12.8. The van der Waals surface area contributed by atoms with E-state index in [4.69, 9.17) is 9.47 Å². The van der Waals surface area contributed by atoms with Crippen LogP contribution >= 0.6 is 0 Å². The highest BCUT2D eigenvalue weighted by Gasteiger charge is 2.34. The van der Waals surface area contributed by atoms with Gasteiger partial charge in [-0.3, -0.25) is 0 Å². The summed E-state index contributed by atoms with van der Waals surface area (Å²) in [6, 6.07) is 25.5. The van der Waals surface area contributed by atoms with E-state index in [2.05, 4.69) is 17.3 Å². The molecule has 1 aliphatic rings. The van der Waals surface area contributed by atoms with Crippen LogP contribution in [-0.4, -0.2) is 30.1 Å². The second kappa shape index (κ2) is 9.96. The summed E-state index contributed by atoms with van der Waals surface area (Å²) in [5.74, 6) is 0.149. The van der Waals surface area contributed by atoms with Crippen LogP contribution in [0.15, 0.2) is 89.6 Å². The van der Waals surface area contributed by atoms with Gasteiger partial charge in [-0.05, 0) is 54.7 Å². The molecule has 1 N–H and O–H groups in total. The summed E-state index contributed by atoms with van der Waals surface area (Å²) in [5.41, 5.74) is 4.74. The van der Waals surface area contributed by atoms with Crippen molar-refractivity contribution in [2.75, 3.05) is 13.2 Å². The Hall–Kier alpha value is -3.86. The number of carbonyl (C=O) groups is 1. The van der Waals surface area contributed by atoms with Gasteiger partial charge in [-0.2, -0.15) is 0 Å². The van der Waals surface area contributed by atoms with Gasteiger partial charge in [-0.15, -0.1) is 0 Å². The van der Waals surface area contributed by atoms with Gasteiger partial charge in [0, 0.05) is 11.1 Å². The van der Waals surface area contributed by atoms with Gasteiger partial charge in [-0.25, -0.2) is 4.79 Å². The highest BCUT2D eigenvalue weighted by Crippen LogP contribution is 2.40. The second-order valence-corrected chi connectivity index (χ2v) is 7.43. The number of ether oxygens (including phenoxy) is 2. The molecule has 0 unspecified atom stereocenters. The molecule has 32 heavy (non-hydrogen) atoms. The maximum Gasteiger partial charge on any atom is 0.341 e. The minimum Gasteiger partial charge on any atom is -0.494 e. The van der Waals surface area contributed by atoms with Gasteiger partial charge in [0.2, 0.25) is 0 Å². The molecule has 0 saturated heterocycles. The smallest absolute Gasteiger partial charge is 0.341 e. The molecule has 3 aromatic carbocycles. The van der Waals surface area contributed by atoms with E-state index in [1.54, 1.807) is 6.92 Å². The first-order valence-electron chi connectivity index (χ1n) is 10.7. The number of nitrogens with zero attached hydrogens (tertiary/aromatic N) is 1. The van der Waals surface area contributed by atoms with Crippen LogP contribution in [0.1, 0.15) is 35.6 Å². The highest BCUT2D eigenvalue weighted by atomic mass is 16.5. The van der Waals surface area contributed by atoms with Gasteiger partial charge < -0.3 is 14.7 Å². The highest BCUT2D eigenvalue weighted by molar-refractivity contribution is 6.37. The number of esters is 1. The Labute approximate surface area is 187 Å². The Balaban J connectivity index is 1.59. The van der Waals surface area contributed by atoms with Gasteiger partial charge in [0.05, 0.1) is 18.8 Å². The molecule has 5 heteroatoms. The molecule has 0 heterocycles. The zero-order valence-corrected chi connectivity index (χ0v) is 18.0. The summed E-state index contributed by atoms with van der Waals surface area (Å²) < 4.78 is 11.2. The molecule has 5 nitrogen and oxygen atoms in total. The van der Waals surface area contributed by atoms with E-state index in [1.807, 2.05) is 66.7 Å². The van der Waals surface area contributed by atoms with E-state index < -0.39 is 5.97 Å². The minimum absolute atomic E-state index is 0.201. The van der Waals surface area contributed by atoms with E-state index >= 15 is 0 Å². The Morgan fingerprint density at radius 3 is 2.34 bits per heavy atom. The number of benzene rings is 3. The molecule has 0 saturated carbocycles. The fraction of sp³-hybridized carbons (Fsp3) is 0.185. The third-order valence-electron chi connectivity index (χ3n) is 5.37. The van der Waals surface area contributed by atoms with Crippen molar-refractivity contribution in [1.82, 2.24) is 0 Å². The standard InChI is InChI=1S/C27H25NO4/c1-2-31-27(29)25-24(20-13-7-4-8-14-20)22-16-15-21(18-23(22)26(25)28-30)32-17-9-12-19-10-5-3-6-11-19/h3-8,10-11,13-16,18,30H,2,9,12,17H2,1H3/b28-26-. The number of hydrogen-bond acceptors (Lipinski definition) is 5. The van der Waals surface area contributed by atoms with E-state index in [-0.39, 0.29) is 17.9 Å². The van der Waals surface area contributed by atoms with Gasteiger partial charge in [-0.1, -0.05) is 65.8 Å². The van der Waals surface area contributed by atoms with Crippen molar-refractivity contribution in [3.05, 3.63) is 107 Å². The van der Waals surface area contributed by atoms with Gasteiger partial charge in [0.15, 0.2) is 0 Å². The Kier molecular flexibility index (Phi) is 6.66. The van der Waals surface area contributed by atoms with Crippen LogP contribution in [0.25, 0.3) is 5.57 Å². The van der Waals surface area contributed by atoms with Crippen LogP contribution in [-0.2, 0) is 16.0 Å². The topological polar surface area (TPSA) is 68.1 Å². The predicted molar refractivity (Wildman–Crippen MR) is 124 cm³/mol. The quantitative estimate of drug-likeness (QED) is 0.231. The van der Waals surface area contributed by atoms with Gasteiger partial charge in [0.1, 0.15) is 11.5 Å². The third kappa shape index (κ3) is 4.42. The van der Waals surface area contributed by atoms with Crippen molar-refractivity contribution >= 4 is 17.3 Å². The fourth-order valence-corrected chi connectivity index (χ4v) is 3.94. The van der Waals surface area contributed by atoms with Gasteiger partial charge in [0.25, 0.3) is 0 Å². The second-order valence-electron chi connectivity index (χ2n) is 7.43. The van der Waals surface area contributed by atoms with Crippen molar-refractivity contribution in [2.24, 2.45) is 5.16 Å². The average molecular weight is 428 g/mol. The monoisotopic (exact) mass is 427 g/mol. The summed E-state index contributed by atoms with van der Waals surface area (Å²) >= 11 is 0. The van der Waals surface area contributed by atoms with E-state index in [1.165, 1.54) is 5.56 Å². The SMILES string of the molecule is CCOC(=O)C1=C(c2ccccc2)c2ccc(OCCCc3ccccc3)cc2/C1=N/O. The van der Waals surface area contributed by atoms with E-state index in [9.17, 15) is 10.0 Å². The first kappa shape index (κ1) is 21.4. The lowest BCUT2D eigenvalue weighted by atomic mass is 9.97. The van der Waals surface area contributed by atoms with Crippen LogP contribution in [0.4, 0.5) is 0 Å². The zero-order valence-electron chi connectivity index (χ0n) is 18.0. The summed E-state index contributed by atoms with van der Waals surface area (Å²) in [4.78, 5) is 12.8. The molecule has 0 atom stereocenters. The fourth-order valence-electron chi connectivity index (χ4n) is 3.94. The first-order valence-corrected chi connectivity index (χ1v) is 10.7. The normalized spacial score (nSPS) is 13.8. The predicted octanol–water partition coefficient (Wildman–Crippen LogP) is 5.26. The number of aryl methyl sites for hydroxylation is 1. The molecule has 0 fully saturated rings. The lowest BCUT2D eigenvalue weighted by Gasteiger charge is -2.10. The van der Waals surface area contributed by atoms with E-state index in [0.29, 0.717) is 23.5 Å². The lowest BCUT2D eigenvalue weighted by Crippen LogP contribution is -2.15. The van der Waals surface area contributed by atoms with Crippen molar-refractivity contribution in [1.29, 1.82) is 0 Å². The molecular weight excluding hydrogens is 402 g/mol. The zero-order chi connectivity index (χ0) is 22.3. The Morgan fingerprint density at radius 2 is 1.66 bits per heavy atom. The molecule has 0 aromatic heterocycles. The summed E-state index contributed by atoms with van der Waals surface area (Å²) in [6.45, 7) is 2.54.